The van der Waals surface area contributed by atoms with E-state index in [1.807, 2.05) is 0 Å². The van der Waals surface area contributed by atoms with Gasteiger partial charge in [0.1, 0.15) is 0 Å². The molecule has 10 aromatic rings. The van der Waals surface area contributed by atoms with E-state index < -0.39 is 0 Å². The van der Waals surface area contributed by atoms with Crippen LogP contribution in [0, 0.1) is 6.92 Å². The van der Waals surface area contributed by atoms with Crippen molar-refractivity contribution in [1.82, 2.24) is 4.57 Å². The highest BCUT2D eigenvalue weighted by atomic mass is 15.2. The second kappa shape index (κ2) is 20.3. The van der Waals surface area contributed by atoms with Crippen LogP contribution in [0.5, 0.6) is 0 Å². The Morgan fingerprint density at radius 3 is 1.62 bits per heavy atom. The quantitative estimate of drug-likeness (QED) is 0.0876. The Bertz CT molecular complexity index is 3810. The van der Waals surface area contributed by atoms with Crippen LogP contribution in [0.1, 0.15) is 106 Å². The van der Waals surface area contributed by atoms with Crippen LogP contribution in [-0.4, -0.2) is 10.6 Å². The summed E-state index contributed by atoms with van der Waals surface area (Å²) in [4.78, 5) is 2.54. The lowest BCUT2D eigenvalue weighted by Gasteiger charge is -2.33. The smallest absolute Gasteiger partial charge is 0.0629 e. The molecule has 2 heterocycles. The summed E-state index contributed by atoms with van der Waals surface area (Å²) in [6, 6.07) is 76.7. The number of hydrogen-bond donors (Lipinski definition) is 0. The van der Waals surface area contributed by atoms with Crippen LogP contribution in [0.4, 0.5) is 11.4 Å². The number of allylic oxidation sites excluding steroid dienone is 2. The molecule has 0 amide bonds. The summed E-state index contributed by atoms with van der Waals surface area (Å²) >= 11 is 0. The van der Waals surface area contributed by atoms with Crippen LogP contribution in [0.3, 0.4) is 0 Å². The predicted octanol–water partition coefficient (Wildman–Crippen LogP) is 20.7. The lowest BCUT2D eigenvalue weighted by molar-refractivity contribution is 0.401. The van der Waals surface area contributed by atoms with E-state index in [1.165, 1.54) is 181 Å². The molecule has 0 radical (unpaired) electrons. The first-order valence-corrected chi connectivity index (χ1v) is 28.4. The van der Waals surface area contributed by atoms with Crippen LogP contribution >= 0.6 is 0 Å². The van der Waals surface area contributed by atoms with Crippen molar-refractivity contribution in [2.45, 2.75) is 102 Å². The summed E-state index contributed by atoms with van der Waals surface area (Å²) in [7, 11) is 0. The van der Waals surface area contributed by atoms with Crippen molar-refractivity contribution in [2.24, 2.45) is 0 Å². The average molecular weight is 985 g/mol. The van der Waals surface area contributed by atoms with Gasteiger partial charge >= 0.3 is 0 Å². The summed E-state index contributed by atoms with van der Waals surface area (Å²) in [6.07, 6.45) is 21.6. The molecule has 0 bridgehead atoms. The largest absolute Gasteiger partial charge is 0.333 e. The molecule has 1 aliphatic heterocycles. The number of benzene rings is 9. The van der Waals surface area contributed by atoms with Gasteiger partial charge in [-0.3, -0.25) is 0 Å². The molecular formula is C74H68N2. The minimum Gasteiger partial charge on any atom is -0.333 e. The molecule has 0 spiro atoms. The van der Waals surface area contributed by atoms with Crippen LogP contribution in [-0.2, 0) is 5.41 Å². The van der Waals surface area contributed by atoms with Crippen LogP contribution in [0.25, 0.3) is 83.1 Å². The van der Waals surface area contributed by atoms with Crippen molar-refractivity contribution < 1.29 is 0 Å². The fraction of sp³-hybridized carbons (Fsp3) is 0.216. The highest BCUT2D eigenvalue weighted by Crippen LogP contribution is 2.56. The van der Waals surface area contributed by atoms with E-state index in [-0.39, 0.29) is 5.41 Å². The number of anilines is 2. The monoisotopic (exact) mass is 985 g/mol. The van der Waals surface area contributed by atoms with E-state index >= 15 is 0 Å². The Morgan fingerprint density at radius 2 is 0.947 bits per heavy atom. The zero-order valence-electron chi connectivity index (χ0n) is 44.5. The van der Waals surface area contributed by atoms with E-state index in [2.05, 4.69) is 255 Å². The summed E-state index contributed by atoms with van der Waals surface area (Å²) in [5.41, 5.74) is 24.9. The van der Waals surface area contributed by atoms with E-state index in [0.29, 0.717) is 12.0 Å². The first kappa shape index (κ1) is 47.8. The second-order valence-electron chi connectivity index (χ2n) is 22.1. The van der Waals surface area contributed by atoms with Gasteiger partial charge in [-0.05, 0) is 159 Å². The van der Waals surface area contributed by atoms with Crippen molar-refractivity contribution in [1.29, 1.82) is 0 Å². The van der Waals surface area contributed by atoms with Gasteiger partial charge in [0, 0.05) is 39.2 Å². The predicted molar refractivity (Wildman–Crippen MR) is 324 cm³/mol. The topological polar surface area (TPSA) is 8.17 Å². The van der Waals surface area contributed by atoms with Gasteiger partial charge in [0.05, 0.1) is 17.1 Å². The van der Waals surface area contributed by atoms with Gasteiger partial charge in [0.15, 0.2) is 0 Å². The van der Waals surface area contributed by atoms with Crippen LogP contribution in [0.15, 0.2) is 224 Å². The molecule has 2 unspecified atom stereocenters. The van der Waals surface area contributed by atoms with Gasteiger partial charge in [0.2, 0.25) is 0 Å². The Kier molecular flexibility index (Phi) is 12.8. The van der Waals surface area contributed by atoms with Crippen LogP contribution < -0.4 is 4.90 Å². The molecule has 3 aliphatic rings. The average Bonchev–Trinajstić information content (AvgIpc) is 4.17. The Hall–Kier alpha value is -7.94. The fourth-order valence-electron chi connectivity index (χ4n) is 13.6. The van der Waals surface area contributed by atoms with Gasteiger partial charge in [-0.25, -0.2) is 0 Å². The Balaban J connectivity index is 0.843. The minimum atomic E-state index is -0.0448. The fourth-order valence-corrected chi connectivity index (χ4v) is 13.6. The van der Waals surface area contributed by atoms with Gasteiger partial charge in [-0.15, -0.1) is 0 Å². The molecule has 13 rings (SSSR count). The highest BCUT2D eigenvalue weighted by Gasteiger charge is 2.43. The molecule has 76 heavy (non-hydrogen) atoms. The van der Waals surface area contributed by atoms with Gasteiger partial charge in [0.25, 0.3) is 0 Å². The summed E-state index contributed by atoms with van der Waals surface area (Å²) in [5.74, 6) is 0.378. The molecule has 1 aromatic heterocycles. The molecule has 374 valence electrons. The molecular weight excluding hydrogens is 917 g/mol. The summed E-state index contributed by atoms with van der Waals surface area (Å²) < 4.78 is 2.45. The normalized spacial score (nSPS) is 15.8. The number of unbranched alkanes of at least 4 members (excludes halogenated alkanes) is 6. The number of nitrogens with zero attached hydrogens (tertiary/aromatic N) is 2. The molecule has 2 nitrogen and oxygen atoms in total. The molecule has 0 fully saturated rings. The summed E-state index contributed by atoms with van der Waals surface area (Å²) in [6.45, 7) is 6.84. The number of hydrogen-bond acceptors (Lipinski definition) is 1. The van der Waals surface area contributed by atoms with E-state index in [1.54, 1.807) is 0 Å². The van der Waals surface area contributed by atoms with Crippen molar-refractivity contribution in [3.05, 3.63) is 247 Å². The van der Waals surface area contributed by atoms with Gasteiger partial charge < -0.3 is 9.47 Å². The molecule has 9 aromatic carbocycles. The molecule has 2 heteroatoms. The maximum absolute atomic E-state index is 2.60. The summed E-state index contributed by atoms with van der Waals surface area (Å²) in [5, 5.41) is 2.54. The lowest BCUT2D eigenvalue weighted by atomic mass is 9.70. The lowest BCUT2D eigenvalue weighted by Crippen LogP contribution is -2.28. The number of rotatable bonds is 16. The van der Waals surface area contributed by atoms with E-state index in [0.717, 1.165) is 0 Å². The number of aryl methyl sites for hydroxylation is 1. The molecule has 0 saturated heterocycles. The minimum absolute atomic E-state index is 0.0448. The maximum atomic E-state index is 2.60. The number of aromatic nitrogens is 1. The zero-order chi connectivity index (χ0) is 51.2. The van der Waals surface area contributed by atoms with Gasteiger partial charge in [-0.1, -0.05) is 229 Å². The third-order valence-corrected chi connectivity index (χ3v) is 17.4. The Labute approximate surface area is 450 Å². The first-order valence-electron chi connectivity index (χ1n) is 28.4. The third-order valence-electron chi connectivity index (χ3n) is 17.4. The number of fused-ring (bicyclic) bond motifs is 9. The first-order chi connectivity index (χ1) is 37.5. The van der Waals surface area contributed by atoms with Crippen LogP contribution in [0.2, 0.25) is 0 Å². The number of para-hydroxylation sites is 2. The highest BCUT2D eigenvalue weighted by molar-refractivity contribution is 6.10. The Morgan fingerprint density at radius 1 is 0.408 bits per heavy atom. The van der Waals surface area contributed by atoms with Crippen molar-refractivity contribution in [3.8, 4) is 61.3 Å². The van der Waals surface area contributed by atoms with Crippen molar-refractivity contribution in [2.75, 3.05) is 4.90 Å². The van der Waals surface area contributed by atoms with Crippen molar-refractivity contribution >= 4 is 33.2 Å². The standard InChI is InChI=1S/C74H68N2/c1-4-6-8-16-44-74(45-17-9-7-5-2)68-49-58(52-30-37-60(38-31-52)75-70-27-13-10-24-64(70)65-25-11-14-28-71(65)75)34-41-62(68)63-42-35-59(50-69(63)74)53-32-39-61(40-33-53)76-72-29-15-12-26-66(72)67-48-57(36-43-73(67)76)56-23-19-22-55(47-56)54-21-18-20-51(3)46-54/h10-15,18-43,46-50,64,70H,4-9,16-17,44-45H2,1-3H3. The van der Waals surface area contributed by atoms with Crippen molar-refractivity contribution in [3.63, 3.8) is 0 Å². The van der Waals surface area contributed by atoms with E-state index in [9.17, 15) is 0 Å². The molecule has 2 atom stereocenters. The molecule has 0 N–H and O–H groups in total. The third kappa shape index (κ3) is 8.44. The SMILES string of the molecule is CCCCCCC1(CCCCCC)c2cc(-c3ccc(N4c5ccccc5C5C=CC=CC54)cc3)ccc2-c2ccc(-c3ccc(-n4c5ccccc5c5cc(-c6cccc(-c7cccc(C)c7)c6)ccc54)cc3)cc21. The molecule has 2 aliphatic carbocycles. The maximum Gasteiger partial charge on any atom is 0.0629 e. The van der Waals surface area contributed by atoms with Gasteiger partial charge in [-0.2, -0.15) is 0 Å². The zero-order valence-corrected chi connectivity index (χ0v) is 44.5. The van der Waals surface area contributed by atoms with E-state index in [4.69, 9.17) is 0 Å². The second-order valence-corrected chi connectivity index (χ2v) is 22.1. The molecule has 0 saturated carbocycles.